The number of pyridine rings is 1. The molecule has 6 heteroatoms. The monoisotopic (exact) mass is 452 g/mol. The first-order chi connectivity index (χ1) is 15.4. The van der Waals surface area contributed by atoms with Crippen molar-refractivity contribution in [2.75, 3.05) is 6.54 Å². The summed E-state index contributed by atoms with van der Waals surface area (Å²) in [6, 6.07) is 13.4. The Labute approximate surface area is 192 Å². The van der Waals surface area contributed by atoms with E-state index < -0.39 is 0 Å². The van der Waals surface area contributed by atoms with Crippen LogP contribution >= 0.6 is 11.6 Å². The maximum atomic E-state index is 13.8. The van der Waals surface area contributed by atoms with E-state index in [0.29, 0.717) is 16.5 Å². The predicted molar refractivity (Wildman–Crippen MR) is 124 cm³/mol. The minimum Gasteiger partial charge on any atom is -0.348 e. The van der Waals surface area contributed by atoms with Crippen LogP contribution in [0.5, 0.6) is 0 Å². The molecular weight excluding hydrogens is 427 g/mol. The van der Waals surface area contributed by atoms with Crippen LogP contribution in [0.25, 0.3) is 10.9 Å². The number of carbonyl (C=O) groups excluding carboxylic acids is 2. The number of carbonyl (C=O) groups is 2. The molecule has 0 radical (unpaired) electrons. The SMILES string of the molecule is C[C@@H](C(=O)NCC(=O)c1ccc(Cl)cc1)C1CCC(c2ccnc3ccc(F)cc23)CC1. The summed E-state index contributed by atoms with van der Waals surface area (Å²) in [4.78, 5) is 29.3. The van der Waals surface area contributed by atoms with Gasteiger partial charge in [0.25, 0.3) is 0 Å². The molecule has 166 valence electrons. The van der Waals surface area contributed by atoms with E-state index >= 15 is 0 Å². The lowest BCUT2D eigenvalue weighted by Gasteiger charge is -2.32. The van der Waals surface area contributed by atoms with Gasteiger partial charge in [-0.15, -0.1) is 0 Å². The van der Waals surface area contributed by atoms with Gasteiger partial charge in [-0.05, 0) is 91.6 Å². The predicted octanol–water partition coefficient (Wildman–Crippen LogP) is 5.94. The Morgan fingerprint density at radius 3 is 2.53 bits per heavy atom. The normalized spacial score (nSPS) is 19.5. The summed E-state index contributed by atoms with van der Waals surface area (Å²) in [5, 5.41) is 4.24. The maximum Gasteiger partial charge on any atom is 0.223 e. The van der Waals surface area contributed by atoms with Gasteiger partial charge >= 0.3 is 0 Å². The molecule has 32 heavy (non-hydrogen) atoms. The molecule has 1 fully saturated rings. The number of ketones is 1. The van der Waals surface area contributed by atoms with Crippen molar-refractivity contribution in [2.45, 2.75) is 38.5 Å². The Hall–Kier alpha value is -2.79. The number of nitrogens with zero attached hydrogens (tertiary/aromatic N) is 1. The number of hydrogen-bond acceptors (Lipinski definition) is 3. The second kappa shape index (κ2) is 9.78. The van der Waals surface area contributed by atoms with E-state index in [1.807, 2.05) is 13.0 Å². The van der Waals surface area contributed by atoms with Gasteiger partial charge in [0.1, 0.15) is 5.82 Å². The Balaban J connectivity index is 1.33. The number of amides is 1. The van der Waals surface area contributed by atoms with E-state index in [4.69, 9.17) is 11.6 Å². The zero-order valence-corrected chi connectivity index (χ0v) is 18.7. The second-order valence-corrected chi connectivity index (χ2v) is 9.05. The highest BCUT2D eigenvalue weighted by atomic mass is 35.5. The number of aromatic nitrogens is 1. The van der Waals surface area contributed by atoms with E-state index in [0.717, 1.165) is 42.1 Å². The van der Waals surface area contributed by atoms with Crippen LogP contribution in [-0.2, 0) is 4.79 Å². The van der Waals surface area contributed by atoms with Gasteiger partial charge in [-0.25, -0.2) is 4.39 Å². The molecule has 0 saturated heterocycles. The van der Waals surface area contributed by atoms with Crippen LogP contribution < -0.4 is 5.32 Å². The molecule has 1 aliphatic carbocycles. The zero-order valence-electron chi connectivity index (χ0n) is 18.0. The lowest BCUT2D eigenvalue weighted by molar-refractivity contribution is -0.126. The van der Waals surface area contributed by atoms with E-state index in [-0.39, 0.29) is 35.9 Å². The Morgan fingerprint density at radius 2 is 1.81 bits per heavy atom. The first-order valence-corrected chi connectivity index (χ1v) is 11.4. The maximum absolute atomic E-state index is 13.8. The van der Waals surface area contributed by atoms with Crippen LogP contribution in [-0.4, -0.2) is 23.2 Å². The molecule has 0 bridgehead atoms. The standard InChI is InChI=1S/C26H26ClFN2O2/c1-16(26(32)30-15-25(31)19-6-8-20(27)9-7-19)17-2-4-18(5-3-17)22-12-13-29-24-11-10-21(28)14-23(22)24/h6-14,16-18H,2-5,15H2,1H3,(H,30,32)/t16-,17?,18?/m1/s1. The van der Waals surface area contributed by atoms with E-state index in [2.05, 4.69) is 10.3 Å². The Morgan fingerprint density at radius 1 is 1.09 bits per heavy atom. The average molecular weight is 453 g/mol. The molecule has 1 amide bonds. The molecule has 1 saturated carbocycles. The topological polar surface area (TPSA) is 59.1 Å². The number of Topliss-reactive ketones (excluding diaryl/α,β-unsaturated/α-hetero) is 1. The minimum absolute atomic E-state index is 0.0191. The molecule has 4 nitrogen and oxygen atoms in total. The van der Waals surface area contributed by atoms with Gasteiger partial charge in [-0.1, -0.05) is 18.5 Å². The summed E-state index contributed by atoms with van der Waals surface area (Å²) >= 11 is 5.86. The van der Waals surface area contributed by atoms with Crippen molar-refractivity contribution in [3.63, 3.8) is 0 Å². The van der Waals surface area contributed by atoms with Gasteiger partial charge in [0.15, 0.2) is 5.78 Å². The summed E-state index contributed by atoms with van der Waals surface area (Å²) in [6.45, 7) is 1.92. The van der Waals surface area contributed by atoms with Crippen molar-refractivity contribution in [3.05, 3.63) is 76.7 Å². The van der Waals surface area contributed by atoms with E-state index in [1.54, 1.807) is 42.6 Å². The van der Waals surface area contributed by atoms with Crippen molar-refractivity contribution < 1.29 is 14.0 Å². The van der Waals surface area contributed by atoms with Gasteiger partial charge in [0.05, 0.1) is 12.1 Å². The molecule has 0 spiro atoms. The Kier molecular flexibility index (Phi) is 6.85. The lowest BCUT2D eigenvalue weighted by Crippen LogP contribution is -2.37. The lowest BCUT2D eigenvalue weighted by atomic mass is 9.73. The van der Waals surface area contributed by atoms with Crippen molar-refractivity contribution in [2.24, 2.45) is 11.8 Å². The van der Waals surface area contributed by atoms with Gasteiger partial charge in [-0.2, -0.15) is 0 Å². The summed E-state index contributed by atoms with van der Waals surface area (Å²) in [6.07, 6.45) is 5.52. The summed E-state index contributed by atoms with van der Waals surface area (Å²) in [5.41, 5.74) is 2.48. The molecule has 1 atom stereocenters. The van der Waals surface area contributed by atoms with Crippen molar-refractivity contribution in [3.8, 4) is 0 Å². The molecule has 3 aromatic rings. The van der Waals surface area contributed by atoms with Crippen molar-refractivity contribution in [1.29, 1.82) is 0 Å². The first kappa shape index (κ1) is 22.4. The van der Waals surface area contributed by atoms with Crippen LogP contribution in [0.3, 0.4) is 0 Å². The fourth-order valence-electron chi connectivity index (χ4n) is 4.71. The third-order valence-corrected chi connectivity index (χ3v) is 6.91. The number of fused-ring (bicyclic) bond motifs is 1. The average Bonchev–Trinajstić information content (AvgIpc) is 2.82. The highest BCUT2D eigenvalue weighted by molar-refractivity contribution is 6.30. The third kappa shape index (κ3) is 4.99. The minimum atomic E-state index is -0.251. The highest BCUT2D eigenvalue weighted by Crippen LogP contribution is 2.40. The van der Waals surface area contributed by atoms with Crippen LogP contribution in [0.4, 0.5) is 4.39 Å². The zero-order chi connectivity index (χ0) is 22.7. The summed E-state index contributed by atoms with van der Waals surface area (Å²) < 4.78 is 13.8. The fraction of sp³-hybridized carbons (Fsp3) is 0.346. The van der Waals surface area contributed by atoms with Gasteiger partial charge in [0.2, 0.25) is 5.91 Å². The van der Waals surface area contributed by atoms with Gasteiger partial charge < -0.3 is 5.32 Å². The van der Waals surface area contributed by atoms with Crippen LogP contribution in [0, 0.1) is 17.7 Å². The molecular formula is C26H26ClFN2O2. The van der Waals surface area contributed by atoms with Crippen LogP contribution in [0.2, 0.25) is 5.02 Å². The summed E-state index contributed by atoms with van der Waals surface area (Å²) in [5.74, 6) is -0.0450. The molecule has 4 rings (SSSR count). The van der Waals surface area contributed by atoms with Gasteiger partial charge in [0, 0.05) is 28.1 Å². The molecule has 0 aliphatic heterocycles. The van der Waals surface area contributed by atoms with Crippen molar-refractivity contribution in [1.82, 2.24) is 10.3 Å². The molecule has 2 aromatic carbocycles. The Bertz CT molecular complexity index is 1120. The number of rotatable bonds is 6. The fourth-order valence-corrected chi connectivity index (χ4v) is 4.83. The van der Waals surface area contributed by atoms with Crippen LogP contribution in [0.15, 0.2) is 54.7 Å². The smallest absolute Gasteiger partial charge is 0.223 e. The van der Waals surface area contributed by atoms with Gasteiger partial charge in [-0.3, -0.25) is 14.6 Å². The molecule has 1 N–H and O–H groups in total. The highest BCUT2D eigenvalue weighted by Gasteiger charge is 2.30. The number of hydrogen-bond donors (Lipinski definition) is 1. The number of halogens is 2. The van der Waals surface area contributed by atoms with Crippen LogP contribution in [0.1, 0.15) is 54.4 Å². The van der Waals surface area contributed by atoms with E-state index in [9.17, 15) is 14.0 Å². The van der Waals surface area contributed by atoms with E-state index in [1.165, 1.54) is 6.07 Å². The quantitative estimate of drug-likeness (QED) is 0.471. The number of nitrogens with one attached hydrogen (secondary N) is 1. The molecule has 1 heterocycles. The molecule has 0 unspecified atom stereocenters. The largest absolute Gasteiger partial charge is 0.348 e. The number of benzene rings is 2. The summed E-state index contributed by atoms with van der Waals surface area (Å²) in [7, 11) is 0. The first-order valence-electron chi connectivity index (χ1n) is 11.0. The molecule has 1 aromatic heterocycles. The van der Waals surface area contributed by atoms with Crippen molar-refractivity contribution >= 4 is 34.2 Å². The second-order valence-electron chi connectivity index (χ2n) is 8.61. The molecule has 1 aliphatic rings. The third-order valence-electron chi connectivity index (χ3n) is 6.66.